The van der Waals surface area contributed by atoms with Crippen LogP contribution < -0.4 is 5.32 Å². The first-order valence-electron chi connectivity index (χ1n) is 8.51. The third-order valence-electron chi connectivity index (χ3n) is 4.33. The zero-order valence-electron chi connectivity index (χ0n) is 15.2. The molecule has 0 fully saturated rings. The summed E-state index contributed by atoms with van der Waals surface area (Å²) in [7, 11) is 1.86. The first-order valence-corrected chi connectivity index (χ1v) is 8.51. The van der Waals surface area contributed by atoms with Gasteiger partial charge in [-0.1, -0.05) is 19.1 Å². The Morgan fingerprint density at radius 3 is 2.71 bits per heavy atom. The van der Waals surface area contributed by atoms with Crippen molar-refractivity contribution in [3.8, 4) is 0 Å². The van der Waals surface area contributed by atoms with Gasteiger partial charge in [0.25, 0.3) is 5.91 Å². The maximum absolute atomic E-state index is 12.8. The van der Waals surface area contributed by atoms with Gasteiger partial charge in [-0.3, -0.25) is 9.78 Å². The normalized spacial score (nSPS) is 12.6. The van der Waals surface area contributed by atoms with Crippen LogP contribution in [0.4, 0.5) is 18.9 Å². The summed E-state index contributed by atoms with van der Waals surface area (Å²) in [5, 5.41) is 10.5. The molecule has 6 nitrogen and oxygen atoms in total. The van der Waals surface area contributed by atoms with Crippen molar-refractivity contribution in [1.82, 2.24) is 19.7 Å². The predicted molar refractivity (Wildman–Crippen MR) is 96.8 cm³/mol. The van der Waals surface area contributed by atoms with E-state index in [1.807, 2.05) is 24.6 Å². The summed E-state index contributed by atoms with van der Waals surface area (Å²) in [4.78, 5) is 16.0. The molecular weight excluding hydrogens is 371 g/mol. The lowest BCUT2D eigenvalue weighted by Gasteiger charge is -2.13. The Morgan fingerprint density at radius 2 is 2.04 bits per heavy atom. The van der Waals surface area contributed by atoms with Crippen LogP contribution in [-0.2, 0) is 19.6 Å². The molecule has 0 radical (unpaired) electrons. The minimum atomic E-state index is -4.53. The van der Waals surface area contributed by atoms with Crippen LogP contribution in [0.2, 0.25) is 0 Å². The van der Waals surface area contributed by atoms with Crippen molar-refractivity contribution in [2.75, 3.05) is 5.32 Å². The van der Waals surface area contributed by atoms with E-state index in [1.165, 1.54) is 0 Å². The fraction of sp³-hybridized carbons (Fsp3) is 0.263. The minimum absolute atomic E-state index is 0.103. The summed E-state index contributed by atoms with van der Waals surface area (Å²) < 4.78 is 40.3. The lowest BCUT2D eigenvalue weighted by atomic mass is 9.97. The first kappa shape index (κ1) is 19.5. The van der Waals surface area contributed by atoms with Gasteiger partial charge in [-0.25, -0.2) is 0 Å². The van der Waals surface area contributed by atoms with Gasteiger partial charge in [0.1, 0.15) is 17.8 Å². The Kier molecular flexibility index (Phi) is 5.43. The molecule has 28 heavy (non-hydrogen) atoms. The highest BCUT2D eigenvalue weighted by molar-refractivity contribution is 6.03. The minimum Gasteiger partial charge on any atom is -0.321 e. The number of pyridine rings is 1. The maximum Gasteiger partial charge on any atom is 0.416 e. The van der Waals surface area contributed by atoms with E-state index in [0.29, 0.717) is 12.1 Å². The summed E-state index contributed by atoms with van der Waals surface area (Å²) in [6, 6.07) is 8.70. The van der Waals surface area contributed by atoms with Crippen LogP contribution in [0.15, 0.2) is 48.9 Å². The highest BCUT2D eigenvalue weighted by Crippen LogP contribution is 2.29. The van der Waals surface area contributed by atoms with E-state index in [-0.39, 0.29) is 11.6 Å². The van der Waals surface area contributed by atoms with Gasteiger partial charge < -0.3 is 9.88 Å². The summed E-state index contributed by atoms with van der Waals surface area (Å²) in [5.74, 6) is 0.228. The van der Waals surface area contributed by atoms with Gasteiger partial charge in [0.15, 0.2) is 0 Å². The number of anilines is 1. The lowest BCUT2D eigenvalue weighted by Crippen LogP contribution is -2.16. The van der Waals surface area contributed by atoms with E-state index in [2.05, 4.69) is 20.5 Å². The average molecular weight is 389 g/mol. The average Bonchev–Trinajstić information content (AvgIpc) is 3.06. The first-order chi connectivity index (χ1) is 13.2. The number of hydrogen-bond donors (Lipinski definition) is 1. The highest BCUT2D eigenvalue weighted by Gasteiger charge is 2.31. The van der Waals surface area contributed by atoms with Gasteiger partial charge >= 0.3 is 6.18 Å². The van der Waals surface area contributed by atoms with Crippen LogP contribution in [0, 0.1) is 0 Å². The number of halogens is 3. The molecular formula is C19H18F3N5O. The van der Waals surface area contributed by atoms with Gasteiger partial charge in [0.2, 0.25) is 0 Å². The van der Waals surface area contributed by atoms with E-state index >= 15 is 0 Å². The zero-order valence-corrected chi connectivity index (χ0v) is 15.2. The molecule has 0 aliphatic carbocycles. The molecule has 3 rings (SSSR count). The second-order valence-corrected chi connectivity index (χ2v) is 6.47. The number of nitrogens with one attached hydrogen (secondary N) is 1. The van der Waals surface area contributed by atoms with E-state index in [9.17, 15) is 18.0 Å². The molecule has 0 aliphatic heterocycles. The maximum atomic E-state index is 12.8. The summed E-state index contributed by atoms with van der Waals surface area (Å²) in [6.07, 6.45) is -1.28. The molecule has 0 saturated heterocycles. The largest absolute Gasteiger partial charge is 0.416 e. The van der Waals surface area contributed by atoms with E-state index in [4.69, 9.17) is 0 Å². The zero-order chi connectivity index (χ0) is 20.3. The smallest absolute Gasteiger partial charge is 0.321 e. The second kappa shape index (κ2) is 7.79. The second-order valence-electron chi connectivity index (χ2n) is 6.47. The van der Waals surface area contributed by atoms with Crippen molar-refractivity contribution in [3.05, 3.63) is 71.6 Å². The number of aromatic nitrogens is 4. The summed E-state index contributed by atoms with van der Waals surface area (Å²) in [6.45, 7) is 2.02. The molecule has 0 unspecified atom stereocenters. The molecule has 0 bridgehead atoms. The number of carbonyl (C=O) groups excluding carboxylic acids is 1. The number of carbonyl (C=O) groups is 1. The topological polar surface area (TPSA) is 72.7 Å². The lowest BCUT2D eigenvalue weighted by molar-refractivity contribution is -0.137. The highest BCUT2D eigenvalue weighted by atomic mass is 19.4. The van der Waals surface area contributed by atoms with Gasteiger partial charge in [-0.15, -0.1) is 10.2 Å². The number of amides is 1. The molecule has 1 aromatic carbocycles. The van der Waals surface area contributed by atoms with Crippen molar-refractivity contribution < 1.29 is 18.0 Å². The molecule has 1 amide bonds. The van der Waals surface area contributed by atoms with Crippen LogP contribution in [0.25, 0.3) is 0 Å². The fourth-order valence-electron chi connectivity index (χ4n) is 2.73. The number of alkyl halides is 3. The van der Waals surface area contributed by atoms with Crippen molar-refractivity contribution in [2.45, 2.75) is 25.4 Å². The van der Waals surface area contributed by atoms with Crippen LogP contribution in [0.3, 0.4) is 0 Å². The van der Waals surface area contributed by atoms with Crippen molar-refractivity contribution >= 4 is 11.6 Å². The molecule has 1 atom stereocenters. The molecule has 146 valence electrons. The number of aryl methyl sites for hydroxylation is 1. The number of hydrogen-bond acceptors (Lipinski definition) is 4. The Labute approximate surface area is 159 Å². The summed E-state index contributed by atoms with van der Waals surface area (Å²) in [5.41, 5.74) is 0.218. The molecule has 2 aromatic heterocycles. The molecule has 2 heterocycles. The van der Waals surface area contributed by atoms with E-state index < -0.39 is 17.6 Å². The quantitative estimate of drug-likeness (QED) is 0.720. The Morgan fingerprint density at radius 1 is 1.25 bits per heavy atom. The predicted octanol–water partition coefficient (Wildman–Crippen LogP) is 3.83. The molecule has 0 aliphatic rings. The Bertz CT molecular complexity index is 983. The van der Waals surface area contributed by atoms with Crippen LogP contribution in [-0.4, -0.2) is 25.7 Å². The monoisotopic (exact) mass is 389 g/mol. The van der Waals surface area contributed by atoms with Crippen LogP contribution in [0.5, 0.6) is 0 Å². The van der Waals surface area contributed by atoms with Gasteiger partial charge in [-0.2, -0.15) is 13.2 Å². The van der Waals surface area contributed by atoms with Crippen molar-refractivity contribution in [3.63, 3.8) is 0 Å². The SMILES string of the molecule is C[C@@H](Cc1nncn1C)c1cccc(NC(=O)c2cc(C(F)(F)F)ccn2)c1. The van der Waals surface area contributed by atoms with Crippen LogP contribution >= 0.6 is 0 Å². The van der Waals surface area contributed by atoms with E-state index in [0.717, 1.165) is 29.7 Å². The molecule has 0 saturated carbocycles. The van der Waals surface area contributed by atoms with Crippen LogP contribution in [0.1, 0.15) is 40.3 Å². The third kappa shape index (κ3) is 4.54. The molecule has 1 N–H and O–H groups in total. The molecule has 9 heteroatoms. The number of benzene rings is 1. The molecule has 3 aromatic rings. The molecule has 0 spiro atoms. The fourth-order valence-corrected chi connectivity index (χ4v) is 2.73. The van der Waals surface area contributed by atoms with Gasteiger partial charge in [0, 0.05) is 25.4 Å². The Hall–Kier alpha value is -3.23. The van der Waals surface area contributed by atoms with E-state index in [1.54, 1.807) is 24.5 Å². The van der Waals surface area contributed by atoms with Crippen molar-refractivity contribution in [2.24, 2.45) is 7.05 Å². The number of rotatable bonds is 5. The third-order valence-corrected chi connectivity index (χ3v) is 4.33. The van der Waals surface area contributed by atoms with Gasteiger partial charge in [0.05, 0.1) is 5.56 Å². The van der Waals surface area contributed by atoms with Crippen molar-refractivity contribution in [1.29, 1.82) is 0 Å². The standard InChI is InChI=1S/C19H18F3N5O/c1-12(8-17-26-24-11-27(17)2)13-4-3-5-15(9-13)25-18(28)16-10-14(6-7-23-16)19(20,21)22/h3-7,9-12H,8H2,1-2H3,(H,25,28)/t12-/m0/s1. The van der Waals surface area contributed by atoms with Gasteiger partial charge in [-0.05, 0) is 35.7 Å². The number of nitrogens with zero attached hydrogens (tertiary/aromatic N) is 4. The Balaban J connectivity index is 1.74. The summed E-state index contributed by atoms with van der Waals surface area (Å²) >= 11 is 0.